The van der Waals surface area contributed by atoms with Gasteiger partial charge >= 0.3 is 0 Å². The molecule has 0 unspecified atom stereocenters. The fraction of sp³-hybridized carbons (Fsp3) is 0.455. The summed E-state index contributed by atoms with van der Waals surface area (Å²) < 4.78 is 0. The molecule has 0 aliphatic heterocycles. The Morgan fingerprint density at radius 1 is 1.08 bits per heavy atom. The van der Waals surface area contributed by atoms with Gasteiger partial charge in [-0.1, -0.05) is 55.6 Å². The van der Waals surface area contributed by atoms with Gasteiger partial charge in [-0.25, -0.2) is 0 Å². The van der Waals surface area contributed by atoms with Crippen LogP contribution < -0.4 is 0 Å². The van der Waals surface area contributed by atoms with Crippen molar-refractivity contribution in [2.75, 3.05) is 5.33 Å². The number of alkyl halides is 2. The minimum atomic E-state index is 0.954. The van der Waals surface area contributed by atoms with Crippen molar-refractivity contribution in [1.82, 2.24) is 0 Å². The van der Waals surface area contributed by atoms with Crippen molar-refractivity contribution in [3.05, 3.63) is 34.9 Å². The minimum absolute atomic E-state index is 0.954. The van der Waals surface area contributed by atoms with Crippen LogP contribution >= 0.6 is 31.9 Å². The Kier molecular flexibility index (Phi) is 5.04. The molecule has 0 spiro atoms. The maximum atomic E-state index is 3.48. The summed E-state index contributed by atoms with van der Waals surface area (Å²) in [5.41, 5.74) is 4.19. The molecule has 0 aromatic heterocycles. The normalized spacial score (nSPS) is 10.4. The van der Waals surface area contributed by atoms with E-state index < -0.39 is 0 Å². The molecule has 0 saturated heterocycles. The molecule has 1 rings (SSSR count). The lowest BCUT2D eigenvalue weighted by molar-refractivity contribution is 0.935. The van der Waals surface area contributed by atoms with Crippen LogP contribution in [-0.4, -0.2) is 5.33 Å². The molecule has 0 bridgehead atoms. The van der Waals surface area contributed by atoms with Gasteiger partial charge in [0.1, 0.15) is 0 Å². The molecule has 0 atom stereocenters. The average molecular weight is 306 g/mol. The average Bonchev–Trinajstić information content (AvgIpc) is 2.14. The Morgan fingerprint density at radius 3 is 2.38 bits per heavy atom. The number of halogens is 2. The standard InChI is InChI=1S/C11H14Br2/c1-9-5-10(3-2-4-12)7-11(6-9)8-13/h5-7H,2-4,8H2,1H3. The van der Waals surface area contributed by atoms with Gasteiger partial charge in [0, 0.05) is 10.7 Å². The molecule has 0 aliphatic carbocycles. The largest absolute Gasteiger partial charge is 0.0928 e. The third kappa shape index (κ3) is 3.82. The molecule has 1 aromatic carbocycles. The predicted molar refractivity (Wildman–Crippen MR) is 65.9 cm³/mol. The molecule has 1 aromatic rings. The first kappa shape index (κ1) is 11.3. The summed E-state index contributed by atoms with van der Waals surface area (Å²) in [7, 11) is 0. The zero-order valence-electron chi connectivity index (χ0n) is 7.82. The Hall–Kier alpha value is 0.180. The van der Waals surface area contributed by atoms with E-state index in [1.807, 2.05) is 0 Å². The second-order valence-corrected chi connectivity index (χ2v) is 4.61. The number of rotatable bonds is 4. The summed E-state index contributed by atoms with van der Waals surface area (Å²) in [5, 5.41) is 2.04. The molecule has 0 heterocycles. The minimum Gasteiger partial charge on any atom is -0.0928 e. The SMILES string of the molecule is Cc1cc(CBr)cc(CCCBr)c1. The van der Waals surface area contributed by atoms with Gasteiger partial charge in [0.25, 0.3) is 0 Å². The van der Waals surface area contributed by atoms with E-state index in [0.29, 0.717) is 0 Å². The summed E-state index contributed by atoms with van der Waals surface area (Å²) in [5.74, 6) is 0. The first-order valence-corrected chi connectivity index (χ1v) is 6.72. The van der Waals surface area contributed by atoms with E-state index in [0.717, 1.165) is 10.7 Å². The molecule has 2 heteroatoms. The van der Waals surface area contributed by atoms with Gasteiger partial charge in [0.2, 0.25) is 0 Å². The zero-order chi connectivity index (χ0) is 9.68. The van der Waals surface area contributed by atoms with Crippen LogP contribution in [-0.2, 0) is 11.8 Å². The van der Waals surface area contributed by atoms with Crippen LogP contribution in [0.1, 0.15) is 23.1 Å². The van der Waals surface area contributed by atoms with Crippen molar-refractivity contribution in [3.8, 4) is 0 Å². The second-order valence-electron chi connectivity index (χ2n) is 3.25. The van der Waals surface area contributed by atoms with Gasteiger partial charge in [-0.3, -0.25) is 0 Å². The summed E-state index contributed by atoms with van der Waals surface area (Å²) in [6.07, 6.45) is 2.39. The van der Waals surface area contributed by atoms with Crippen molar-refractivity contribution in [2.24, 2.45) is 0 Å². The molecular formula is C11H14Br2. The third-order valence-corrected chi connectivity index (χ3v) is 3.16. The maximum Gasteiger partial charge on any atom is 0.0283 e. The lowest BCUT2D eigenvalue weighted by atomic mass is 10.0. The van der Waals surface area contributed by atoms with E-state index in [-0.39, 0.29) is 0 Å². The summed E-state index contributed by atoms with van der Waals surface area (Å²) in [6, 6.07) is 6.78. The smallest absolute Gasteiger partial charge is 0.0283 e. The summed E-state index contributed by atoms with van der Waals surface area (Å²) in [4.78, 5) is 0. The molecule has 0 aliphatic rings. The van der Waals surface area contributed by atoms with E-state index in [9.17, 15) is 0 Å². The molecular weight excluding hydrogens is 292 g/mol. The zero-order valence-corrected chi connectivity index (χ0v) is 11.0. The van der Waals surface area contributed by atoms with Crippen LogP contribution in [0.2, 0.25) is 0 Å². The number of hydrogen-bond donors (Lipinski definition) is 0. The lowest BCUT2D eigenvalue weighted by Crippen LogP contribution is -1.90. The number of hydrogen-bond acceptors (Lipinski definition) is 0. The lowest BCUT2D eigenvalue weighted by Gasteiger charge is -2.04. The highest BCUT2D eigenvalue weighted by Gasteiger charge is 1.97. The highest BCUT2D eigenvalue weighted by atomic mass is 79.9. The Bertz CT molecular complexity index is 269. The van der Waals surface area contributed by atoms with Crippen LogP contribution in [0.25, 0.3) is 0 Å². The first-order chi connectivity index (χ1) is 6.26. The molecule has 0 amide bonds. The Labute approximate surface area is 97.0 Å². The van der Waals surface area contributed by atoms with Crippen molar-refractivity contribution in [2.45, 2.75) is 25.1 Å². The van der Waals surface area contributed by atoms with Crippen LogP contribution in [0.4, 0.5) is 0 Å². The van der Waals surface area contributed by atoms with Gasteiger partial charge < -0.3 is 0 Å². The van der Waals surface area contributed by atoms with Crippen LogP contribution in [0.3, 0.4) is 0 Å². The van der Waals surface area contributed by atoms with Gasteiger partial charge in [0.15, 0.2) is 0 Å². The first-order valence-electron chi connectivity index (χ1n) is 4.47. The predicted octanol–water partition coefficient (Wildman–Crippen LogP) is 4.22. The van der Waals surface area contributed by atoms with Crippen molar-refractivity contribution >= 4 is 31.9 Å². The Morgan fingerprint density at radius 2 is 1.77 bits per heavy atom. The van der Waals surface area contributed by atoms with Gasteiger partial charge in [-0.05, 0) is 30.9 Å². The van der Waals surface area contributed by atoms with Gasteiger partial charge in [0.05, 0.1) is 0 Å². The molecule has 13 heavy (non-hydrogen) atoms. The second kappa shape index (κ2) is 5.82. The van der Waals surface area contributed by atoms with E-state index in [1.54, 1.807) is 0 Å². The van der Waals surface area contributed by atoms with Crippen molar-refractivity contribution in [3.63, 3.8) is 0 Å². The topological polar surface area (TPSA) is 0 Å². The molecule has 0 saturated carbocycles. The van der Waals surface area contributed by atoms with Gasteiger partial charge in [-0.15, -0.1) is 0 Å². The highest BCUT2D eigenvalue weighted by Crippen LogP contribution is 2.14. The molecule has 0 fully saturated rings. The van der Waals surface area contributed by atoms with Gasteiger partial charge in [-0.2, -0.15) is 0 Å². The van der Waals surface area contributed by atoms with E-state index in [4.69, 9.17) is 0 Å². The van der Waals surface area contributed by atoms with Crippen LogP contribution in [0.15, 0.2) is 18.2 Å². The van der Waals surface area contributed by atoms with Crippen molar-refractivity contribution < 1.29 is 0 Å². The molecule has 0 N–H and O–H groups in total. The van der Waals surface area contributed by atoms with Crippen LogP contribution in [0, 0.1) is 6.92 Å². The quantitative estimate of drug-likeness (QED) is 0.731. The monoisotopic (exact) mass is 304 g/mol. The molecule has 0 radical (unpaired) electrons. The number of benzene rings is 1. The number of aryl methyl sites for hydroxylation is 2. The highest BCUT2D eigenvalue weighted by molar-refractivity contribution is 9.09. The van der Waals surface area contributed by atoms with Crippen LogP contribution in [0.5, 0.6) is 0 Å². The summed E-state index contributed by atoms with van der Waals surface area (Å²) >= 11 is 6.94. The summed E-state index contributed by atoms with van der Waals surface area (Å²) in [6.45, 7) is 2.16. The molecule has 0 nitrogen and oxygen atoms in total. The fourth-order valence-corrected chi connectivity index (χ4v) is 2.04. The molecule has 72 valence electrons. The van der Waals surface area contributed by atoms with Crippen molar-refractivity contribution in [1.29, 1.82) is 0 Å². The third-order valence-electron chi connectivity index (χ3n) is 1.95. The Balaban J connectivity index is 2.76. The van der Waals surface area contributed by atoms with E-state index in [1.165, 1.54) is 29.5 Å². The van der Waals surface area contributed by atoms with E-state index in [2.05, 4.69) is 57.0 Å². The van der Waals surface area contributed by atoms with E-state index >= 15 is 0 Å². The fourth-order valence-electron chi connectivity index (χ4n) is 1.44. The maximum absolute atomic E-state index is 3.48.